The Hall–Kier alpha value is 0.270. The molecule has 0 aromatic heterocycles. The van der Waals surface area contributed by atoms with Gasteiger partial charge in [-0.25, -0.2) is 0 Å². The van der Waals surface area contributed by atoms with E-state index in [1.54, 1.807) is 0 Å². The second-order valence-corrected chi connectivity index (χ2v) is 7.03. The highest BCUT2D eigenvalue weighted by Gasteiger charge is 2.18. The molecule has 0 radical (unpaired) electrons. The van der Waals surface area contributed by atoms with Gasteiger partial charge in [-0.3, -0.25) is 0 Å². The van der Waals surface area contributed by atoms with Crippen LogP contribution < -0.4 is 0 Å². The third kappa shape index (κ3) is 5.19. The zero-order valence-electron chi connectivity index (χ0n) is 11.2. The molecule has 0 bridgehead atoms. The highest BCUT2D eigenvalue weighted by Crippen LogP contribution is 2.28. The molecule has 1 saturated heterocycles. The molecule has 0 unspecified atom stereocenters. The topological polar surface area (TPSA) is 12.5 Å². The second kappa shape index (κ2) is 7.65. The van der Waals surface area contributed by atoms with E-state index in [1.807, 2.05) is 0 Å². The average Bonchev–Trinajstić information content (AvgIpc) is 2.83. The van der Waals surface area contributed by atoms with Crippen molar-refractivity contribution in [3.63, 3.8) is 0 Å². The average molecular weight is 257 g/mol. The Labute approximate surface area is 110 Å². The van der Waals surface area contributed by atoms with E-state index >= 15 is 0 Å². The minimum Gasteiger partial charge on any atom is -0.381 e. The molecule has 0 spiro atoms. The monoisotopic (exact) mass is 257 g/mol. The molecule has 100 valence electrons. The maximum atomic E-state index is 5.43. The second-order valence-electron chi connectivity index (χ2n) is 5.62. The molecule has 0 N–H and O–H groups in total. The lowest BCUT2D eigenvalue weighted by Gasteiger charge is -2.23. The van der Waals surface area contributed by atoms with E-state index in [0.717, 1.165) is 24.4 Å². The van der Waals surface area contributed by atoms with Crippen LogP contribution in [0.5, 0.6) is 0 Å². The summed E-state index contributed by atoms with van der Waals surface area (Å²) in [6, 6.07) is 0. The Bertz CT molecular complexity index is 200. The Kier molecular flexibility index (Phi) is 6.16. The van der Waals surface area contributed by atoms with E-state index in [0.29, 0.717) is 0 Å². The Morgan fingerprint density at radius 3 is 2.71 bits per heavy atom. The molecule has 2 rings (SSSR count). The first-order valence-electron chi connectivity index (χ1n) is 7.22. The summed E-state index contributed by atoms with van der Waals surface area (Å²) in [6.45, 7) is 4.44. The highest BCUT2D eigenvalue weighted by molar-refractivity contribution is 7.99. The molecule has 1 saturated carbocycles. The lowest BCUT2D eigenvalue weighted by atomic mass is 10.0. The predicted molar refractivity (Wildman–Crippen MR) is 75.8 cm³/mol. The largest absolute Gasteiger partial charge is 0.381 e. The highest BCUT2D eigenvalue weighted by atomic mass is 32.2. The van der Waals surface area contributed by atoms with Crippen molar-refractivity contribution in [1.82, 2.24) is 4.90 Å². The van der Waals surface area contributed by atoms with Gasteiger partial charge in [0.2, 0.25) is 0 Å². The van der Waals surface area contributed by atoms with Crippen molar-refractivity contribution in [2.45, 2.75) is 43.8 Å². The molecule has 3 heteroatoms. The molecular formula is C14H27NOS. The SMILES string of the molecule is CN(CCSC1CCCCC1)C[C@@H]1CCOC1. The van der Waals surface area contributed by atoms with Gasteiger partial charge < -0.3 is 9.64 Å². The van der Waals surface area contributed by atoms with E-state index in [4.69, 9.17) is 4.74 Å². The van der Waals surface area contributed by atoms with Gasteiger partial charge in [0.05, 0.1) is 6.61 Å². The number of nitrogens with zero attached hydrogens (tertiary/aromatic N) is 1. The standard InChI is InChI=1S/C14H27NOS/c1-15(11-13-7-9-16-12-13)8-10-17-14-5-3-2-4-6-14/h13-14H,2-12H2,1H3/t13-/m0/s1. The fourth-order valence-corrected chi connectivity index (χ4v) is 4.28. The number of hydrogen-bond acceptors (Lipinski definition) is 3. The summed E-state index contributed by atoms with van der Waals surface area (Å²) in [4.78, 5) is 2.50. The fourth-order valence-electron chi connectivity index (χ4n) is 2.87. The Balaban J connectivity index is 1.51. The molecule has 2 fully saturated rings. The summed E-state index contributed by atoms with van der Waals surface area (Å²) in [6.07, 6.45) is 8.59. The molecule has 1 atom stereocenters. The fraction of sp³-hybridized carbons (Fsp3) is 1.00. The van der Waals surface area contributed by atoms with Crippen molar-refractivity contribution in [3.8, 4) is 0 Å². The van der Waals surface area contributed by atoms with Crippen molar-refractivity contribution >= 4 is 11.8 Å². The lowest BCUT2D eigenvalue weighted by molar-refractivity contribution is 0.175. The van der Waals surface area contributed by atoms with Crippen LogP contribution in [0.1, 0.15) is 38.5 Å². The van der Waals surface area contributed by atoms with Crippen molar-refractivity contribution in [2.75, 3.05) is 39.1 Å². The van der Waals surface area contributed by atoms with Crippen LogP contribution in [0.15, 0.2) is 0 Å². The number of rotatable bonds is 6. The van der Waals surface area contributed by atoms with E-state index in [1.165, 1.54) is 57.4 Å². The number of hydrogen-bond donors (Lipinski definition) is 0. The quantitative estimate of drug-likeness (QED) is 0.726. The molecular weight excluding hydrogens is 230 g/mol. The van der Waals surface area contributed by atoms with E-state index in [9.17, 15) is 0 Å². The third-order valence-electron chi connectivity index (χ3n) is 3.97. The smallest absolute Gasteiger partial charge is 0.0507 e. The van der Waals surface area contributed by atoms with Crippen molar-refractivity contribution in [2.24, 2.45) is 5.92 Å². The minimum atomic E-state index is 0.791. The summed E-state index contributed by atoms with van der Waals surface area (Å²) in [5, 5.41) is 0.965. The van der Waals surface area contributed by atoms with E-state index < -0.39 is 0 Å². The van der Waals surface area contributed by atoms with Crippen LogP contribution in [0.4, 0.5) is 0 Å². The predicted octanol–water partition coefficient (Wildman–Crippen LogP) is 3.02. The van der Waals surface area contributed by atoms with Crippen molar-refractivity contribution < 1.29 is 4.74 Å². The van der Waals surface area contributed by atoms with Crippen LogP contribution in [-0.4, -0.2) is 49.3 Å². The van der Waals surface area contributed by atoms with Gasteiger partial charge in [-0.05, 0) is 32.2 Å². The summed E-state index contributed by atoms with van der Waals surface area (Å²) >= 11 is 2.21. The van der Waals surface area contributed by atoms with Gasteiger partial charge in [0.1, 0.15) is 0 Å². The first-order valence-corrected chi connectivity index (χ1v) is 8.27. The first-order chi connectivity index (χ1) is 8.34. The Morgan fingerprint density at radius 1 is 1.18 bits per heavy atom. The van der Waals surface area contributed by atoms with Crippen molar-refractivity contribution in [3.05, 3.63) is 0 Å². The molecule has 2 aliphatic rings. The van der Waals surface area contributed by atoms with Gasteiger partial charge in [-0.2, -0.15) is 11.8 Å². The van der Waals surface area contributed by atoms with Crippen LogP contribution >= 0.6 is 11.8 Å². The molecule has 0 amide bonds. The molecule has 2 nitrogen and oxygen atoms in total. The van der Waals surface area contributed by atoms with Gasteiger partial charge in [0, 0.05) is 30.7 Å². The van der Waals surface area contributed by atoms with Crippen molar-refractivity contribution in [1.29, 1.82) is 0 Å². The van der Waals surface area contributed by atoms with Crippen LogP contribution in [0, 0.1) is 5.92 Å². The lowest BCUT2D eigenvalue weighted by Crippen LogP contribution is -2.28. The number of ether oxygens (including phenoxy) is 1. The first kappa shape index (κ1) is 13.7. The summed E-state index contributed by atoms with van der Waals surface area (Å²) < 4.78 is 5.43. The van der Waals surface area contributed by atoms with Gasteiger partial charge in [0.15, 0.2) is 0 Å². The summed E-state index contributed by atoms with van der Waals surface area (Å²) in [5.74, 6) is 2.11. The van der Waals surface area contributed by atoms with Crippen LogP contribution in [0.2, 0.25) is 0 Å². The van der Waals surface area contributed by atoms with Crippen LogP contribution in [0.3, 0.4) is 0 Å². The summed E-state index contributed by atoms with van der Waals surface area (Å²) in [7, 11) is 2.26. The van der Waals surface area contributed by atoms with E-state index in [-0.39, 0.29) is 0 Å². The molecule has 1 heterocycles. The van der Waals surface area contributed by atoms with Gasteiger partial charge in [-0.15, -0.1) is 0 Å². The summed E-state index contributed by atoms with van der Waals surface area (Å²) in [5.41, 5.74) is 0. The zero-order chi connectivity index (χ0) is 11.9. The molecule has 0 aromatic rings. The molecule has 1 aliphatic heterocycles. The maximum absolute atomic E-state index is 5.43. The zero-order valence-corrected chi connectivity index (χ0v) is 12.0. The van der Waals surface area contributed by atoms with Gasteiger partial charge in [0.25, 0.3) is 0 Å². The molecule has 17 heavy (non-hydrogen) atoms. The van der Waals surface area contributed by atoms with Crippen LogP contribution in [-0.2, 0) is 4.74 Å². The van der Waals surface area contributed by atoms with Gasteiger partial charge in [-0.1, -0.05) is 19.3 Å². The minimum absolute atomic E-state index is 0.791. The Morgan fingerprint density at radius 2 is 2.00 bits per heavy atom. The van der Waals surface area contributed by atoms with Gasteiger partial charge >= 0.3 is 0 Å². The third-order valence-corrected chi connectivity index (χ3v) is 5.33. The maximum Gasteiger partial charge on any atom is 0.0507 e. The van der Waals surface area contributed by atoms with Crippen LogP contribution in [0.25, 0.3) is 0 Å². The number of thioether (sulfide) groups is 1. The molecule has 1 aliphatic carbocycles. The van der Waals surface area contributed by atoms with E-state index in [2.05, 4.69) is 23.7 Å². The normalized spacial score (nSPS) is 26.8. The molecule has 0 aromatic carbocycles.